The highest BCUT2D eigenvalue weighted by Crippen LogP contribution is 2.17. The van der Waals surface area contributed by atoms with Gasteiger partial charge in [-0.25, -0.2) is 0 Å². The summed E-state index contributed by atoms with van der Waals surface area (Å²) in [5.41, 5.74) is 1.84. The number of amides is 2. The molecule has 1 N–H and O–H groups in total. The number of hydrogen-bond acceptors (Lipinski definition) is 3. The summed E-state index contributed by atoms with van der Waals surface area (Å²) in [7, 11) is 1.61. The van der Waals surface area contributed by atoms with Crippen molar-refractivity contribution in [2.45, 2.75) is 45.8 Å². The molecule has 0 aliphatic carbocycles. The number of nitrogens with one attached hydrogen (secondary N) is 1. The molecule has 5 nitrogen and oxygen atoms in total. The average Bonchev–Trinajstić information content (AvgIpc) is 2.65. The fourth-order valence-electron chi connectivity index (χ4n) is 2.84. The first kappa shape index (κ1) is 22.0. The molecule has 0 saturated carbocycles. The van der Waals surface area contributed by atoms with E-state index in [1.807, 2.05) is 62.4 Å². The molecule has 0 saturated heterocycles. The third-order valence-electron chi connectivity index (χ3n) is 4.35. The van der Waals surface area contributed by atoms with Gasteiger partial charge in [0.25, 0.3) is 0 Å². The molecular weight excluding hydrogens is 420 g/mol. The van der Waals surface area contributed by atoms with Gasteiger partial charge in [-0.1, -0.05) is 40.2 Å². The molecule has 2 rings (SSSR count). The van der Waals surface area contributed by atoms with E-state index in [2.05, 4.69) is 21.2 Å². The summed E-state index contributed by atoms with van der Waals surface area (Å²) in [6.07, 6.45) is 0.220. The normalized spacial score (nSPS) is 11.8. The van der Waals surface area contributed by atoms with Crippen molar-refractivity contribution < 1.29 is 14.3 Å². The Morgan fingerprint density at radius 3 is 2.32 bits per heavy atom. The van der Waals surface area contributed by atoms with Crippen molar-refractivity contribution in [1.29, 1.82) is 0 Å². The number of nitrogens with zero attached hydrogens (tertiary/aromatic N) is 1. The average molecular weight is 447 g/mol. The monoisotopic (exact) mass is 446 g/mol. The van der Waals surface area contributed by atoms with Crippen LogP contribution in [0.1, 0.15) is 31.9 Å². The van der Waals surface area contributed by atoms with Crippen LogP contribution in [-0.2, 0) is 22.6 Å². The SMILES string of the molecule is COc1ccc(CC(=O)N(Cc2cccc(Br)c2)[C@H](C)C(=O)NC(C)C)cc1. The molecule has 0 aromatic heterocycles. The molecule has 0 fully saturated rings. The lowest BCUT2D eigenvalue weighted by Crippen LogP contribution is -2.49. The molecule has 6 heteroatoms. The first-order chi connectivity index (χ1) is 13.3. The van der Waals surface area contributed by atoms with Gasteiger partial charge < -0.3 is 15.0 Å². The van der Waals surface area contributed by atoms with Crippen molar-refractivity contribution in [2.24, 2.45) is 0 Å². The van der Waals surface area contributed by atoms with Gasteiger partial charge in [0.2, 0.25) is 11.8 Å². The van der Waals surface area contributed by atoms with Gasteiger partial charge in [0.05, 0.1) is 13.5 Å². The van der Waals surface area contributed by atoms with Crippen molar-refractivity contribution in [3.63, 3.8) is 0 Å². The molecule has 0 heterocycles. The molecule has 150 valence electrons. The zero-order valence-electron chi connectivity index (χ0n) is 16.7. The number of carbonyl (C=O) groups is 2. The van der Waals surface area contributed by atoms with E-state index in [1.165, 1.54) is 0 Å². The highest BCUT2D eigenvalue weighted by molar-refractivity contribution is 9.10. The van der Waals surface area contributed by atoms with E-state index < -0.39 is 6.04 Å². The Bertz CT molecular complexity index is 806. The molecule has 0 aliphatic heterocycles. The van der Waals surface area contributed by atoms with Gasteiger partial charge in [0.15, 0.2) is 0 Å². The minimum Gasteiger partial charge on any atom is -0.497 e. The lowest BCUT2D eigenvalue weighted by atomic mass is 10.1. The van der Waals surface area contributed by atoms with Crippen molar-refractivity contribution in [3.8, 4) is 5.75 Å². The number of ether oxygens (including phenoxy) is 1. The van der Waals surface area contributed by atoms with Gasteiger partial charge in [-0.2, -0.15) is 0 Å². The number of methoxy groups -OCH3 is 1. The number of carbonyl (C=O) groups excluding carboxylic acids is 2. The highest BCUT2D eigenvalue weighted by Gasteiger charge is 2.26. The van der Waals surface area contributed by atoms with Crippen LogP contribution in [0.2, 0.25) is 0 Å². The van der Waals surface area contributed by atoms with Crippen molar-refractivity contribution >= 4 is 27.7 Å². The molecule has 2 amide bonds. The summed E-state index contributed by atoms with van der Waals surface area (Å²) in [6, 6.07) is 14.6. The predicted octanol–water partition coefficient (Wildman–Crippen LogP) is 3.94. The van der Waals surface area contributed by atoms with Crippen LogP contribution in [0.3, 0.4) is 0 Å². The van der Waals surface area contributed by atoms with Crippen LogP contribution in [-0.4, -0.2) is 35.9 Å². The molecule has 2 aromatic rings. The molecule has 2 aromatic carbocycles. The molecule has 28 heavy (non-hydrogen) atoms. The fourth-order valence-corrected chi connectivity index (χ4v) is 3.29. The Morgan fingerprint density at radius 2 is 1.75 bits per heavy atom. The molecular formula is C22H27BrN2O3. The minimum atomic E-state index is -0.577. The van der Waals surface area contributed by atoms with Gasteiger partial charge in [-0.05, 0) is 56.2 Å². The van der Waals surface area contributed by atoms with E-state index in [9.17, 15) is 9.59 Å². The fraction of sp³-hybridized carbons (Fsp3) is 0.364. The Hall–Kier alpha value is -2.34. The van der Waals surface area contributed by atoms with Crippen LogP contribution in [0.25, 0.3) is 0 Å². The summed E-state index contributed by atoms with van der Waals surface area (Å²) in [5.74, 6) is 0.483. The quantitative estimate of drug-likeness (QED) is 0.667. The topological polar surface area (TPSA) is 58.6 Å². The molecule has 0 bridgehead atoms. The Kier molecular flexibility index (Phi) is 8.05. The maximum absolute atomic E-state index is 13.1. The predicted molar refractivity (Wildman–Crippen MR) is 114 cm³/mol. The first-order valence-electron chi connectivity index (χ1n) is 9.27. The second-order valence-corrected chi connectivity index (χ2v) is 7.93. The van der Waals surface area contributed by atoms with Gasteiger partial charge >= 0.3 is 0 Å². The van der Waals surface area contributed by atoms with Gasteiger partial charge in [0.1, 0.15) is 11.8 Å². The van der Waals surface area contributed by atoms with Crippen LogP contribution in [0.5, 0.6) is 5.75 Å². The van der Waals surface area contributed by atoms with Crippen LogP contribution in [0.15, 0.2) is 53.0 Å². The third-order valence-corrected chi connectivity index (χ3v) is 4.85. The molecule has 0 unspecified atom stereocenters. The summed E-state index contributed by atoms with van der Waals surface area (Å²) in [6.45, 7) is 5.94. The first-order valence-corrected chi connectivity index (χ1v) is 10.1. The maximum atomic E-state index is 13.1. The smallest absolute Gasteiger partial charge is 0.242 e. The van der Waals surface area contributed by atoms with E-state index >= 15 is 0 Å². The second-order valence-electron chi connectivity index (χ2n) is 7.02. The number of halogens is 1. The molecule has 0 aliphatic rings. The summed E-state index contributed by atoms with van der Waals surface area (Å²) >= 11 is 3.46. The van der Waals surface area contributed by atoms with Gasteiger partial charge in [-0.3, -0.25) is 9.59 Å². The van der Waals surface area contributed by atoms with Crippen LogP contribution in [0.4, 0.5) is 0 Å². The molecule has 0 spiro atoms. The Morgan fingerprint density at radius 1 is 1.07 bits per heavy atom. The molecule has 1 atom stereocenters. The minimum absolute atomic E-state index is 0.0133. The van der Waals surface area contributed by atoms with E-state index in [1.54, 1.807) is 18.9 Å². The largest absolute Gasteiger partial charge is 0.497 e. The van der Waals surface area contributed by atoms with Crippen LogP contribution < -0.4 is 10.1 Å². The third kappa shape index (κ3) is 6.37. The van der Waals surface area contributed by atoms with Crippen LogP contribution >= 0.6 is 15.9 Å². The van der Waals surface area contributed by atoms with Crippen molar-refractivity contribution in [3.05, 3.63) is 64.1 Å². The zero-order valence-corrected chi connectivity index (χ0v) is 18.3. The number of hydrogen-bond donors (Lipinski definition) is 1. The van der Waals surface area contributed by atoms with E-state index in [4.69, 9.17) is 4.74 Å². The van der Waals surface area contributed by atoms with E-state index in [-0.39, 0.29) is 24.3 Å². The Balaban J connectivity index is 2.22. The maximum Gasteiger partial charge on any atom is 0.242 e. The van der Waals surface area contributed by atoms with E-state index in [0.717, 1.165) is 21.3 Å². The van der Waals surface area contributed by atoms with Crippen molar-refractivity contribution in [2.75, 3.05) is 7.11 Å². The molecule has 0 radical (unpaired) electrons. The van der Waals surface area contributed by atoms with Gasteiger partial charge in [0, 0.05) is 17.1 Å². The van der Waals surface area contributed by atoms with Gasteiger partial charge in [-0.15, -0.1) is 0 Å². The van der Waals surface area contributed by atoms with E-state index in [0.29, 0.717) is 6.54 Å². The van der Waals surface area contributed by atoms with Crippen LogP contribution in [0, 0.1) is 0 Å². The standard InChI is InChI=1S/C22H27BrN2O3/c1-15(2)24-22(27)16(3)25(14-18-6-5-7-19(23)12-18)21(26)13-17-8-10-20(28-4)11-9-17/h5-12,15-16H,13-14H2,1-4H3,(H,24,27)/t16-/m1/s1. The lowest BCUT2D eigenvalue weighted by Gasteiger charge is -2.29. The summed E-state index contributed by atoms with van der Waals surface area (Å²) in [4.78, 5) is 27.3. The highest BCUT2D eigenvalue weighted by atomic mass is 79.9. The van der Waals surface area contributed by atoms with Crippen molar-refractivity contribution in [1.82, 2.24) is 10.2 Å². The Labute approximate surface area is 175 Å². The summed E-state index contributed by atoms with van der Waals surface area (Å²) < 4.78 is 6.10. The lowest BCUT2D eigenvalue weighted by molar-refractivity contribution is -0.140. The number of rotatable bonds is 8. The zero-order chi connectivity index (χ0) is 20.7. The second kappa shape index (κ2) is 10.3. The summed E-state index contributed by atoms with van der Waals surface area (Å²) in [5, 5.41) is 2.90. The number of benzene rings is 2.